The molecule has 0 radical (unpaired) electrons. The summed E-state index contributed by atoms with van der Waals surface area (Å²) >= 11 is 0. The minimum absolute atomic E-state index is 0.190. The molecular formula is C12H11N5O2. The third-order valence-corrected chi connectivity index (χ3v) is 2.77. The quantitative estimate of drug-likeness (QED) is 0.416. The predicted molar refractivity (Wildman–Crippen MR) is 71.5 cm³/mol. The Balaban J connectivity index is 2.20. The van der Waals surface area contributed by atoms with E-state index in [0.717, 1.165) is 0 Å². The van der Waals surface area contributed by atoms with E-state index in [2.05, 4.69) is 15.0 Å². The minimum atomic E-state index is -0.219. The average molecular weight is 257 g/mol. The number of aromatic amines is 1. The summed E-state index contributed by atoms with van der Waals surface area (Å²) in [7, 11) is 0. The second kappa shape index (κ2) is 3.77. The fourth-order valence-corrected chi connectivity index (χ4v) is 1.87. The number of phenolic OH excluding ortho intramolecular Hbond substituents is 2. The van der Waals surface area contributed by atoms with E-state index in [-0.39, 0.29) is 17.3 Å². The van der Waals surface area contributed by atoms with E-state index < -0.39 is 0 Å². The number of rotatable bonds is 1. The molecule has 7 heteroatoms. The van der Waals surface area contributed by atoms with Crippen molar-refractivity contribution in [2.24, 2.45) is 0 Å². The van der Waals surface area contributed by atoms with E-state index in [9.17, 15) is 10.2 Å². The molecule has 96 valence electrons. The van der Waals surface area contributed by atoms with Crippen LogP contribution in [0.25, 0.3) is 22.4 Å². The molecule has 0 saturated carbocycles. The molecule has 3 aromatic rings. The van der Waals surface area contributed by atoms with E-state index in [1.165, 1.54) is 12.1 Å². The third-order valence-electron chi connectivity index (χ3n) is 2.77. The Hall–Kier alpha value is -2.96. The molecule has 0 saturated heterocycles. The predicted octanol–water partition coefficient (Wildman–Crippen LogP) is 1.20. The lowest BCUT2D eigenvalue weighted by Gasteiger charge is -1.99. The first-order chi connectivity index (χ1) is 9.04. The van der Waals surface area contributed by atoms with E-state index in [1.54, 1.807) is 12.1 Å². The maximum absolute atomic E-state index is 9.49. The molecule has 0 bridgehead atoms. The Labute approximate surface area is 107 Å². The Morgan fingerprint density at radius 1 is 1.00 bits per heavy atom. The van der Waals surface area contributed by atoms with Gasteiger partial charge < -0.3 is 26.7 Å². The van der Waals surface area contributed by atoms with E-state index >= 15 is 0 Å². The van der Waals surface area contributed by atoms with Gasteiger partial charge in [-0.3, -0.25) is 0 Å². The smallest absolute Gasteiger partial charge is 0.158 e. The van der Waals surface area contributed by atoms with Crippen molar-refractivity contribution in [3.8, 4) is 22.9 Å². The second-order valence-electron chi connectivity index (χ2n) is 4.12. The number of nitrogens with zero attached hydrogens (tertiary/aromatic N) is 2. The molecule has 7 N–H and O–H groups in total. The fraction of sp³-hybridized carbons (Fsp3) is 0. The van der Waals surface area contributed by atoms with Gasteiger partial charge >= 0.3 is 0 Å². The van der Waals surface area contributed by atoms with Crippen molar-refractivity contribution in [2.75, 3.05) is 11.5 Å². The molecule has 0 unspecified atom stereocenters. The number of nitrogen functional groups attached to an aromatic ring is 2. The summed E-state index contributed by atoms with van der Waals surface area (Å²) in [5, 5.41) is 18.8. The number of hydrogen-bond donors (Lipinski definition) is 5. The summed E-state index contributed by atoms with van der Waals surface area (Å²) in [6, 6.07) is 6.04. The van der Waals surface area contributed by atoms with Gasteiger partial charge in [0.25, 0.3) is 0 Å². The number of anilines is 2. The standard InChI is InChI=1S/C12H11N5O2/c13-9-4-6-10(11(14)16-9)17-12(15-6)5-1-2-7(18)8(19)3-5/h1-4,18-19H,(H,15,17)(H4,13,14,16). The van der Waals surface area contributed by atoms with Crippen LogP contribution >= 0.6 is 0 Å². The van der Waals surface area contributed by atoms with Crippen molar-refractivity contribution >= 4 is 22.7 Å². The number of phenols is 2. The summed E-state index contributed by atoms with van der Waals surface area (Å²) < 4.78 is 0. The zero-order valence-corrected chi connectivity index (χ0v) is 9.75. The van der Waals surface area contributed by atoms with Crippen molar-refractivity contribution in [2.45, 2.75) is 0 Å². The second-order valence-corrected chi connectivity index (χ2v) is 4.12. The number of nitrogens with one attached hydrogen (secondary N) is 1. The van der Waals surface area contributed by atoms with Gasteiger partial charge in [-0.1, -0.05) is 0 Å². The van der Waals surface area contributed by atoms with Gasteiger partial charge in [0.05, 0.1) is 5.52 Å². The number of imidazole rings is 1. The fourth-order valence-electron chi connectivity index (χ4n) is 1.87. The summed E-state index contributed by atoms with van der Waals surface area (Å²) in [6.45, 7) is 0. The van der Waals surface area contributed by atoms with E-state index in [4.69, 9.17) is 11.5 Å². The monoisotopic (exact) mass is 257 g/mol. The van der Waals surface area contributed by atoms with Gasteiger partial charge in [-0.15, -0.1) is 0 Å². The normalized spacial score (nSPS) is 10.9. The molecule has 7 nitrogen and oxygen atoms in total. The number of nitrogens with two attached hydrogens (primary N) is 2. The highest BCUT2D eigenvalue weighted by atomic mass is 16.3. The Bertz CT molecular complexity index is 781. The van der Waals surface area contributed by atoms with Gasteiger partial charge in [0, 0.05) is 11.6 Å². The lowest BCUT2D eigenvalue weighted by molar-refractivity contribution is 0.404. The SMILES string of the molecule is Nc1cc2[nH]c(-c3ccc(O)c(O)c3)nc2c(N)n1. The molecular weight excluding hydrogens is 246 g/mol. The Kier molecular flexibility index (Phi) is 2.21. The van der Waals surface area contributed by atoms with Crippen LogP contribution in [-0.2, 0) is 0 Å². The zero-order valence-electron chi connectivity index (χ0n) is 9.75. The molecule has 0 amide bonds. The molecule has 0 aliphatic heterocycles. The molecule has 0 spiro atoms. The number of pyridine rings is 1. The van der Waals surface area contributed by atoms with E-state index in [0.29, 0.717) is 28.2 Å². The van der Waals surface area contributed by atoms with Crippen molar-refractivity contribution < 1.29 is 10.2 Å². The number of benzene rings is 1. The van der Waals surface area contributed by atoms with Crippen LogP contribution in [0.15, 0.2) is 24.3 Å². The number of fused-ring (bicyclic) bond motifs is 1. The molecule has 0 aliphatic rings. The molecule has 0 atom stereocenters. The van der Waals surface area contributed by atoms with Gasteiger partial charge in [0.1, 0.15) is 17.2 Å². The highest BCUT2D eigenvalue weighted by molar-refractivity contribution is 5.89. The zero-order chi connectivity index (χ0) is 13.6. The van der Waals surface area contributed by atoms with Crippen LogP contribution in [0.1, 0.15) is 0 Å². The number of H-pyrrole nitrogens is 1. The van der Waals surface area contributed by atoms with Gasteiger partial charge in [-0.05, 0) is 18.2 Å². The van der Waals surface area contributed by atoms with Crippen LogP contribution in [0.4, 0.5) is 11.6 Å². The van der Waals surface area contributed by atoms with E-state index in [1.807, 2.05) is 0 Å². The summed E-state index contributed by atoms with van der Waals surface area (Å²) in [5.41, 5.74) is 13.1. The van der Waals surface area contributed by atoms with Crippen LogP contribution in [0, 0.1) is 0 Å². The van der Waals surface area contributed by atoms with Crippen LogP contribution in [0.5, 0.6) is 11.5 Å². The first-order valence-electron chi connectivity index (χ1n) is 5.48. The van der Waals surface area contributed by atoms with Gasteiger partial charge in [0.15, 0.2) is 17.3 Å². The molecule has 1 aromatic carbocycles. The maximum atomic E-state index is 9.49. The largest absolute Gasteiger partial charge is 0.504 e. The Morgan fingerprint density at radius 3 is 2.53 bits per heavy atom. The highest BCUT2D eigenvalue weighted by Crippen LogP contribution is 2.31. The summed E-state index contributed by atoms with van der Waals surface area (Å²) in [6.07, 6.45) is 0. The molecule has 0 aliphatic carbocycles. The average Bonchev–Trinajstić information content (AvgIpc) is 2.76. The maximum Gasteiger partial charge on any atom is 0.158 e. The topological polar surface area (TPSA) is 134 Å². The lowest BCUT2D eigenvalue weighted by atomic mass is 10.2. The van der Waals surface area contributed by atoms with Crippen molar-refractivity contribution in [1.82, 2.24) is 15.0 Å². The number of aromatic hydroxyl groups is 2. The Morgan fingerprint density at radius 2 is 1.79 bits per heavy atom. The molecule has 19 heavy (non-hydrogen) atoms. The molecule has 2 heterocycles. The van der Waals surface area contributed by atoms with Gasteiger partial charge in [-0.2, -0.15) is 0 Å². The first kappa shape index (κ1) is 11.1. The third kappa shape index (κ3) is 1.77. The summed E-state index contributed by atoms with van der Waals surface area (Å²) in [5.74, 6) is 0.632. The number of aromatic nitrogens is 3. The van der Waals surface area contributed by atoms with Crippen molar-refractivity contribution in [3.63, 3.8) is 0 Å². The van der Waals surface area contributed by atoms with Crippen molar-refractivity contribution in [1.29, 1.82) is 0 Å². The van der Waals surface area contributed by atoms with Crippen LogP contribution in [0.2, 0.25) is 0 Å². The number of hydrogen-bond acceptors (Lipinski definition) is 6. The molecule has 3 rings (SSSR count). The van der Waals surface area contributed by atoms with Crippen LogP contribution < -0.4 is 11.5 Å². The van der Waals surface area contributed by atoms with Crippen LogP contribution in [0.3, 0.4) is 0 Å². The van der Waals surface area contributed by atoms with Gasteiger partial charge in [0.2, 0.25) is 0 Å². The molecule has 2 aromatic heterocycles. The highest BCUT2D eigenvalue weighted by Gasteiger charge is 2.11. The first-order valence-corrected chi connectivity index (χ1v) is 5.48. The molecule has 0 fully saturated rings. The van der Waals surface area contributed by atoms with Crippen molar-refractivity contribution in [3.05, 3.63) is 24.3 Å². The van der Waals surface area contributed by atoms with Gasteiger partial charge in [-0.25, -0.2) is 9.97 Å². The lowest BCUT2D eigenvalue weighted by Crippen LogP contribution is -1.96. The van der Waals surface area contributed by atoms with Crippen LogP contribution in [-0.4, -0.2) is 25.2 Å². The minimum Gasteiger partial charge on any atom is -0.504 e. The summed E-state index contributed by atoms with van der Waals surface area (Å²) in [4.78, 5) is 11.3.